The Morgan fingerprint density at radius 2 is 2.00 bits per heavy atom. The molecule has 0 aromatic carbocycles. The maximum atomic E-state index is 11.1. The summed E-state index contributed by atoms with van der Waals surface area (Å²) in [6.45, 7) is 5.46. The van der Waals surface area contributed by atoms with Crippen molar-refractivity contribution in [1.82, 2.24) is 9.55 Å². The molecule has 1 atom stereocenters. The fraction of sp³-hybridized carbons (Fsp3) is 0.625. The van der Waals surface area contributed by atoms with E-state index in [2.05, 4.69) is 4.98 Å². The molecule has 2 N–H and O–H groups in total. The fourth-order valence-corrected chi connectivity index (χ4v) is 1.70. The van der Waals surface area contributed by atoms with Gasteiger partial charge in [0.25, 0.3) is 0 Å². The zero-order chi connectivity index (χ0) is 10.9. The van der Waals surface area contributed by atoms with E-state index in [0.717, 1.165) is 0 Å². The number of primary sulfonamides is 1. The molecule has 0 bridgehead atoms. The Hall–Kier alpha value is -0.880. The molecular weight excluding hydrogens is 202 g/mol. The van der Waals surface area contributed by atoms with Crippen LogP contribution in [0.5, 0.6) is 0 Å². The third-order valence-electron chi connectivity index (χ3n) is 2.11. The molecule has 0 amide bonds. The van der Waals surface area contributed by atoms with Crippen LogP contribution < -0.4 is 5.14 Å². The molecule has 6 heteroatoms. The van der Waals surface area contributed by atoms with Crippen LogP contribution >= 0.6 is 0 Å². The standard InChI is InChI=1S/C8H15N3O2S/c1-6(2)11-5-4-10-8(11)7(3)14(9,12)13/h4-7H,1-3H3,(H2,9,12,13)/t7-/m0/s1. The molecule has 0 fully saturated rings. The van der Waals surface area contributed by atoms with Crippen molar-refractivity contribution in [3.63, 3.8) is 0 Å². The highest BCUT2D eigenvalue weighted by molar-refractivity contribution is 7.89. The van der Waals surface area contributed by atoms with Gasteiger partial charge < -0.3 is 4.57 Å². The monoisotopic (exact) mass is 217 g/mol. The van der Waals surface area contributed by atoms with Crippen LogP contribution in [0.4, 0.5) is 0 Å². The minimum Gasteiger partial charge on any atom is -0.331 e. The Kier molecular flexibility index (Phi) is 2.96. The predicted octanol–water partition coefficient (Wildman–Crippen LogP) is 0.814. The first-order valence-electron chi connectivity index (χ1n) is 4.38. The lowest BCUT2D eigenvalue weighted by Gasteiger charge is -2.14. The van der Waals surface area contributed by atoms with E-state index in [4.69, 9.17) is 5.14 Å². The van der Waals surface area contributed by atoms with Gasteiger partial charge in [0, 0.05) is 18.4 Å². The van der Waals surface area contributed by atoms with Crippen LogP contribution in [-0.2, 0) is 10.0 Å². The quantitative estimate of drug-likeness (QED) is 0.814. The molecule has 0 saturated carbocycles. The maximum Gasteiger partial charge on any atom is 0.218 e. The first-order chi connectivity index (χ1) is 6.34. The van der Waals surface area contributed by atoms with Crippen molar-refractivity contribution in [3.8, 4) is 0 Å². The highest BCUT2D eigenvalue weighted by Gasteiger charge is 2.23. The second kappa shape index (κ2) is 3.70. The second-order valence-electron chi connectivity index (χ2n) is 3.52. The van der Waals surface area contributed by atoms with Crippen molar-refractivity contribution in [2.75, 3.05) is 0 Å². The van der Waals surface area contributed by atoms with Gasteiger partial charge in [-0.2, -0.15) is 0 Å². The van der Waals surface area contributed by atoms with E-state index < -0.39 is 15.3 Å². The molecule has 14 heavy (non-hydrogen) atoms. The predicted molar refractivity (Wildman–Crippen MR) is 54.1 cm³/mol. The van der Waals surface area contributed by atoms with Gasteiger partial charge in [0.05, 0.1) is 0 Å². The molecule has 80 valence electrons. The van der Waals surface area contributed by atoms with Crippen LogP contribution in [0.1, 0.15) is 37.9 Å². The Morgan fingerprint density at radius 3 is 2.43 bits per heavy atom. The van der Waals surface area contributed by atoms with E-state index in [1.807, 2.05) is 13.8 Å². The van der Waals surface area contributed by atoms with Gasteiger partial charge in [-0.25, -0.2) is 18.5 Å². The SMILES string of the molecule is CC(C)n1ccnc1[C@H](C)S(N)(=O)=O. The third kappa shape index (κ3) is 2.13. The molecule has 1 aromatic rings. The first-order valence-corrected chi connectivity index (χ1v) is 5.99. The van der Waals surface area contributed by atoms with Crippen molar-refractivity contribution in [1.29, 1.82) is 0 Å². The largest absolute Gasteiger partial charge is 0.331 e. The summed E-state index contributed by atoms with van der Waals surface area (Å²) in [6, 6.07) is 0.178. The topological polar surface area (TPSA) is 78.0 Å². The van der Waals surface area contributed by atoms with Crippen LogP contribution in [0, 0.1) is 0 Å². The van der Waals surface area contributed by atoms with Gasteiger partial charge >= 0.3 is 0 Å². The van der Waals surface area contributed by atoms with E-state index in [-0.39, 0.29) is 6.04 Å². The van der Waals surface area contributed by atoms with E-state index in [1.54, 1.807) is 17.0 Å². The summed E-state index contributed by atoms with van der Waals surface area (Å²) in [5, 5.41) is 4.29. The Labute approximate surface area is 84.0 Å². The number of hydrogen-bond donors (Lipinski definition) is 1. The van der Waals surface area contributed by atoms with E-state index in [1.165, 1.54) is 6.92 Å². The number of imidazole rings is 1. The van der Waals surface area contributed by atoms with Gasteiger partial charge in [-0.05, 0) is 20.8 Å². The van der Waals surface area contributed by atoms with Gasteiger partial charge in [0.15, 0.2) is 0 Å². The first kappa shape index (κ1) is 11.2. The minimum atomic E-state index is -3.57. The number of hydrogen-bond acceptors (Lipinski definition) is 3. The average Bonchev–Trinajstić information content (AvgIpc) is 2.48. The van der Waals surface area contributed by atoms with Crippen LogP contribution in [0.25, 0.3) is 0 Å². The molecule has 0 unspecified atom stereocenters. The minimum absolute atomic E-state index is 0.178. The van der Waals surface area contributed by atoms with Crippen LogP contribution in [-0.4, -0.2) is 18.0 Å². The van der Waals surface area contributed by atoms with Gasteiger partial charge in [-0.3, -0.25) is 0 Å². The summed E-state index contributed by atoms with van der Waals surface area (Å²) in [6.07, 6.45) is 3.33. The lowest BCUT2D eigenvalue weighted by molar-refractivity contribution is 0.549. The number of rotatable bonds is 3. The van der Waals surface area contributed by atoms with Gasteiger partial charge in [-0.15, -0.1) is 0 Å². The average molecular weight is 217 g/mol. The molecule has 5 nitrogen and oxygen atoms in total. The highest BCUT2D eigenvalue weighted by atomic mass is 32.2. The van der Waals surface area contributed by atoms with Gasteiger partial charge in [-0.1, -0.05) is 0 Å². The zero-order valence-electron chi connectivity index (χ0n) is 8.51. The molecule has 1 rings (SSSR count). The summed E-state index contributed by atoms with van der Waals surface area (Å²) in [5.41, 5.74) is 0. The number of nitrogens with two attached hydrogens (primary N) is 1. The van der Waals surface area contributed by atoms with Crippen molar-refractivity contribution >= 4 is 10.0 Å². The second-order valence-corrected chi connectivity index (χ2v) is 5.40. The van der Waals surface area contributed by atoms with Crippen LogP contribution in [0.2, 0.25) is 0 Å². The summed E-state index contributed by atoms with van der Waals surface area (Å²) >= 11 is 0. The number of sulfonamides is 1. The van der Waals surface area contributed by atoms with E-state index in [0.29, 0.717) is 5.82 Å². The summed E-state index contributed by atoms with van der Waals surface area (Å²) in [7, 11) is -3.57. The van der Waals surface area contributed by atoms with Crippen molar-refractivity contribution < 1.29 is 8.42 Å². The summed E-state index contributed by atoms with van der Waals surface area (Å²) in [5.74, 6) is 0.488. The van der Waals surface area contributed by atoms with Crippen molar-refractivity contribution in [3.05, 3.63) is 18.2 Å². The number of aromatic nitrogens is 2. The molecule has 0 aliphatic rings. The fourth-order valence-electron chi connectivity index (χ4n) is 1.22. The Balaban J connectivity index is 3.14. The molecular formula is C8H15N3O2S. The summed E-state index contributed by atoms with van der Waals surface area (Å²) < 4.78 is 24.1. The molecule has 0 aliphatic carbocycles. The van der Waals surface area contributed by atoms with E-state index in [9.17, 15) is 8.42 Å². The van der Waals surface area contributed by atoms with Crippen LogP contribution in [0.15, 0.2) is 12.4 Å². The van der Waals surface area contributed by atoms with Gasteiger partial charge in [0.1, 0.15) is 11.1 Å². The molecule has 0 aliphatic heterocycles. The van der Waals surface area contributed by atoms with Crippen molar-refractivity contribution in [2.45, 2.75) is 32.1 Å². The highest BCUT2D eigenvalue weighted by Crippen LogP contribution is 2.20. The van der Waals surface area contributed by atoms with Crippen LogP contribution in [0.3, 0.4) is 0 Å². The number of nitrogens with zero attached hydrogens (tertiary/aromatic N) is 2. The molecule has 1 aromatic heterocycles. The molecule has 0 saturated heterocycles. The molecule has 0 radical (unpaired) electrons. The van der Waals surface area contributed by atoms with Crippen molar-refractivity contribution in [2.24, 2.45) is 5.14 Å². The van der Waals surface area contributed by atoms with E-state index >= 15 is 0 Å². The molecule has 0 spiro atoms. The zero-order valence-corrected chi connectivity index (χ0v) is 9.32. The Morgan fingerprint density at radius 1 is 1.43 bits per heavy atom. The maximum absolute atomic E-state index is 11.1. The lowest BCUT2D eigenvalue weighted by Crippen LogP contribution is -2.22. The lowest BCUT2D eigenvalue weighted by atomic mass is 10.3. The normalized spacial score (nSPS) is 14.6. The summed E-state index contributed by atoms with van der Waals surface area (Å²) in [4.78, 5) is 4.01. The Bertz CT molecular complexity index is 408. The molecule has 1 heterocycles. The van der Waals surface area contributed by atoms with Gasteiger partial charge in [0.2, 0.25) is 10.0 Å². The smallest absolute Gasteiger partial charge is 0.218 e. The third-order valence-corrected chi connectivity index (χ3v) is 3.31.